The summed E-state index contributed by atoms with van der Waals surface area (Å²) in [4.78, 5) is 11.3. The third-order valence-corrected chi connectivity index (χ3v) is 5.17. The van der Waals surface area contributed by atoms with Gasteiger partial charge < -0.3 is 0 Å². The van der Waals surface area contributed by atoms with Crippen molar-refractivity contribution in [1.29, 1.82) is 0 Å². The van der Waals surface area contributed by atoms with Gasteiger partial charge in [-0.2, -0.15) is 0 Å². The van der Waals surface area contributed by atoms with Gasteiger partial charge in [0.25, 0.3) is 0 Å². The summed E-state index contributed by atoms with van der Waals surface area (Å²) in [6.45, 7) is 4.91. The molecule has 1 unspecified atom stereocenters. The molecule has 3 nitrogen and oxygen atoms in total. The highest BCUT2D eigenvalue weighted by Gasteiger charge is 2.46. The summed E-state index contributed by atoms with van der Waals surface area (Å²) >= 11 is 0. The van der Waals surface area contributed by atoms with E-state index >= 15 is 0 Å². The van der Waals surface area contributed by atoms with Crippen LogP contribution in [0.15, 0.2) is 0 Å². The van der Waals surface area contributed by atoms with Crippen molar-refractivity contribution in [3.63, 3.8) is 0 Å². The van der Waals surface area contributed by atoms with E-state index in [9.17, 15) is 13.2 Å². The SMILES string of the molecule is CC1CCC(C)(C)S(=O)(=O)C1=O. The second-order valence-electron chi connectivity index (χ2n) is 4.02. The normalized spacial score (nSPS) is 33.2. The van der Waals surface area contributed by atoms with E-state index in [4.69, 9.17) is 0 Å². The molecule has 0 spiro atoms. The summed E-state index contributed by atoms with van der Waals surface area (Å²) in [7, 11) is -3.53. The lowest BCUT2D eigenvalue weighted by molar-refractivity contribution is -0.115. The molecule has 0 saturated carbocycles. The molecule has 1 aliphatic rings. The summed E-state index contributed by atoms with van der Waals surface area (Å²) < 4.78 is 22.1. The Morgan fingerprint density at radius 1 is 1.42 bits per heavy atom. The Hall–Kier alpha value is -0.380. The molecular formula is C8H14O3S. The van der Waals surface area contributed by atoms with Gasteiger partial charge >= 0.3 is 0 Å². The molecule has 0 aromatic heterocycles. The van der Waals surface area contributed by atoms with Crippen molar-refractivity contribution >= 4 is 15.0 Å². The van der Waals surface area contributed by atoms with Crippen molar-refractivity contribution in [3.8, 4) is 0 Å². The first-order valence-corrected chi connectivity index (χ1v) is 5.56. The van der Waals surface area contributed by atoms with Crippen LogP contribution in [0.25, 0.3) is 0 Å². The van der Waals surface area contributed by atoms with Crippen molar-refractivity contribution in [1.82, 2.24) is 0 Å². The van der Waals surface area contributed by atoms with Gasteiger partial charge in [0.15, 0.2) is 0 Å². The van der Waals surface area contributed by atoms with Crippen LogP contribution in [0.2, 0.25) is 0 Å². The molecule has 0 radical (unpaired) electrons. The van der Waals surface area contributed by atoms with Gasteiger partial charge in [0.05, 0.1) is 4.75 Å². The minimum absolute atomic E-state index is 0.317. The first-order chi connectivity index (χ1) is 5.29. The quantitative estimate of drug-likeness (QED) is 0.575. The molecule has 0 aliphatic carbocycles. The topological polar surface area (TPSA) is 51.2 Å². The molecular weight excluding hydrogens is 176 g/mol. The van der Waals surface area contributed by atoms with Crippen LogP contribution in [0.1, 0.15) is 33.6 Å². The van der Waals surface area contributed by atoms with E-state index in [1.54, 1.807) is 20.8 Å². The van der Waals surface area contributed by atoms with Gasteiger partial charge in [0, 0.05) is 5.92 Å². The van der Waals surface area contributed by atoms with E-state index in [1.165, 1.54) is 0 Å². The minimum Gasteiger partial charge on any atom is -0.281 e. The molecule has 12 heavy (non-hydrogen) atoms. The first-order valence-electron chi connectivity index (χ1n) is 4.07. The molecule has 1 heterocycles. The molecule has 4 heteroatoms. The van der Waals surface area contributed by atoms with Crippen molar-refractivity contribution in [2.75, 3.05) is 0 Å². The molecule has 0 bridgehead atoms. The van der Waals surface area contributed by atoms with Gasteiger partial charge in [-0.15, -0.1) is 0 Å². The zero-order valence-electron chi connectivity index (χ0n) is 7.62. The van der Waals surface area contributed by atoms with E-state index in [2.05, 4.69) is 0 Å². The fraction of sp³-hybridized carbons (Fsp3) is 0.875. The average Bonchev–Trinajstić information content (AvgIpc) is 1.96. The Bertz CT molecular complexity index is 300. The molecule has 0 aromatic rings. The average molecular weight is 190 g/mol. The Balaban J connectivity index is 3.15. The van der Waals surface area contributed by atoms with Crippen molar-refractivity contribution in [2.45, 2.75) is 38.4 Å². The highest BCUT2D eigenvalue weighted by atomic mass is 32.2. The molecule has 1 rings (SSSR count). The molecule has 1 saturated heterocycles. The summed E-state index contributed by atoms with van der Waals surface area (Å²) in [5.41, 5.74) is 0. The maximum absolute atomic E-state index is 11.5. The van der Waals surface area contributed by atoms with Gasteiger partial charge in [0.2, 0.25) is 15.0 Å². The van der Waals surface area contributed by atoms with Gasteiger partial charge in [0.1, 0.15) is 0 Å². The molecule has 1 aliphatic heterocycles. The monoisotopic (exact) mass is 190 g/mol. The number of carbonyl (C=O) groups excluding carboxylic acids is 1. The number of hydrogen-bond acceptors (Lipinski definition) is 3. The molecule has 1 fully saturated rings. The molecule has 0 amide bonds. The zero-order chi connectivity index (χ0) is 9.57. The summed E-state index contributed by atoms with van der Waals surface area (Å²) in [5, 5.41) is -0.584. The number of carbonyl (C=O) groups is 1. The van der Waals surface area contributed by atoms with Crippen molar-refractivity contribution < 1.29 is 13.2 Å². The molecule has 1 atom stereocenters. The van der Waals surface area contributed by atoms with Crippen LogP contribution in [0, 0.1) is 5.92 Å². The Morgan fingerprint density at radius 2 is 1.92 bits per heavy atom. The Labute approximate surface area is 73.1 Å². The summed E-state index contributed by atoms with van der Waals surface area (Å²) in [6.07, 6.45) is 1.27. The van der Waals surface area contributed by atoms with Crippen LogP contribution in [0.3, 0.4) is 0 Å². The fourth-order valence-electron chi connectivity index (χ4n) is 1.35. The van der Waals surface area contributed by atoms with E-state index in [1.807, 2.05) is 0 Å². The first kappa shape index (κ1) is 9.71. The lowest BCUT2D eigenvalue weighted by Crippen LogP contribution is -2.44. The van der Waals surface area contributed by atoms with Crippen LogP contribution >= 0.6 is 0 Å². The van der Waals surface area contributed by atoms with E-state index in [0.717, 1.165) is 0 Å². The van der Waals surface area contributed by atoms with E-state index < -0.39 is 19.7 Å². The van der Waals surface area contributed by atoms with Crippen LogP contribution in [-0.2, 0) is 14.6 Å². The predicted octanol–water partition coefficient (Wildman–Crippen LogP) is 1.14. The van der Waals surface area contributed by atoms with Crippen LogP contribution in [-0.4, -0.2) is 18.3 Å². The predicted molar refractivity (Wildman–Crippen MR) is 46.4 cm³/mol. The van der Waals surface area contributed by atoms with Gasteiger partial charge in [-0.05, 0) is 26.7 Å². The van der Waals surface area contributed by atoms with E-state index in [-0.39, 0.29) is 5.92 Å². The van der Waals surface area contributed by atoms with Crippen molar-refractivity contribution in [3.05, 3.63) is 0 Å². The largest absolute Gasteiger partial charge is 0.281 e. The van der Waals surface area contributed by atoms with Crippen LogP contribution < -0.4 is 0 Å². The van der Waals surface area contributed by atoms with Gasteiger partial charge in [-0.1, -0.05) is 6.92 Å². The maximum atomic E-state index is 11.5. The number of rotatable bonds is 0. The smallest absolute Gasteiger partial charge is 0.249 e. The minimum atomic E-state index is -3.53. The number of hydrogen-bond donors (Lipinski definition) is 0. The number of sulfone groups is 1. The fourth-order valence-corrected chi connectivity index (χ4v) is 2.93. The van der Waals surface area contributed by atoms with Crippen molar-refractivity contribution in [2.24, 2.45) is 5.92 Å². The zero-order valence-corrected chi connectivity index (χ0v) is 8.44. The molecule has 70 valence electrons. The summed E-state index contributed by atoms with van der Waals surface area (Å²) in [5.74, 6) is -0.317. The second kappa shape index (κ2) is 2.55. The highest BCUT2D eigenvalue weighted by molar-refractivity contribution is 8.07. The van der Waals surface area contributed by atoms with Crippen LogP contribution in [0.4, 0.5) is 0 Å². The second-order valence-corrected chi connectivity index (χ2v) is 6.54. The van der Waals surface area contributed by atoms with Gasteiger partial charge in [-0.3, -0.25) is 4.79 Å². The Morgan fingerprint density at radius 3 is 2.33 bits per heavy atom. The maximum Gasteiger partial charge on any atom is 0.249 e. The lowest BCUT2D eigenvalue weighted by Gasteiger charge is -2.30. The van der Waals surface area contributed by atoms with E-state index in [0.29, 0.717) is 12.8 Å². The standard InChI is InChI=1S/C8H14O3S/c1-6-4-5-8(2,3)12(10,11)7(6)9/h6H,4-5H2,1-3H3. The Kier molecular flexibility index (Phi) is 2.07. The lowest BCUT2D eigenvalue weighted by atomic mass is 9.99. The molecule has 0 N–H and O–H groups in total. The van der Waals surface area contributed by atoms with Gasteiger partial charge in [-0.25, -0.2) is 8.42 Å². The summed E-state index contributed by atoms with van der Waals surface area (Å²) in [6, 6.07) is 0. The third-order valence-electron chi connectivity index (χ3n) is 2.57. The van der Waals surface area contributed by atoms with Crippen LogP contribution in [0.5, 0.6) is 0 Å². The highest BCUT2D eigenvalue weighted by Crippen LogP contribution is 2.33. The molecule has 0 aromatic carbocycles. The third kappa shape index (κ3) is 1.18.